The summed E-state index contributed by atoms with van der Waals surface area (Å²) in [7, 11) is 1.49. The van der Waals surface area contributed by atoms with Crippen LogP contribution < -0.4 is 5.32 Å². The minimum absolute atomic E-state index is 0.0293. The lowest BCUT2D eigenvalue weighted by Crippen LogP contribution is -2.60. The van der Waals surface area contributed by atoms with Gasteiger partial charge in [0.05, 0.1) is 12.6 Å². The van der Waals surface area contributed by atoms with Gasteiger partial charge < -0.3 is 19.7 Å². The Bertz CT molecular complexity index is 487. The molecule has 1 saturated carbocycles. The second-order valence-electron chi connectivity index (χ2n) is 7.35. The Hall–Kier alpha value is -1.21. The third-order valence-electron chi connectivity index (χ3n) is 5.95. The summed E-state index contributed by atoms with van der Waals surface area (Å²) < 4.78 is 24.8. The molecule has 3 rings (SSSR count). The zero-order chi connectivity index (χ0) is 17.2. The van der Waals surface area contributed by atoms with E-state index in [2.05, 4.69) is 5.32 Å². The Labute approximate surface area is 142 Å². The second-order valence-corrected chi connectivity index (χ2v) is 7.35. The van der Waals surface area contributed by atoms with Crippen molar-refractivity contribution in [3.63, 3.8) is 0 Å². The molecule has 6 nitrogen and oxygen atoms in total. The van der Waals surface area contributed by atoms with E-state index in [0.29, 0.717) is 39.1 Å². The van der Waals surface area contributed by atoms with Crippen LogP contribution in [0.4, 0.5) is 4.39 Å². The lowest BCUT2D eigenvalue weighted by atomic mass is 9.69. The molecule has 1 atom stereocenters. The van der Waals surface area contributed by atoms with E-state index >= 15 is 0 Å². The Balaban J connectivity index is 1.61. The fourth-order valence-corrected chi connectivity index (χ4v) is 4.13. The first-order chi connectivity index (χ1) is 11.5. The van der Waals surface area contributed by atoms with Crippen LogP contribution in [0.2, 0.25) is 0 Å². The average Bonchev–Trinajstić information content (AvgIpc) is 2.55. The van der Waals surface area contributed by atoms with E-state index in [1.807, 2.05) is 0 Å². The van der Waals surface area contributed by atoms with Crippen LogP contribution in [0.25, 0.3) is 0 Å². The highest BCUT2D eigenvalue weighted by Crippen LogP contribution is 2.43. The van der Waals surface area contributed by atoms with Gasteiger partial charge in [0.1, 0.15) is 6.61 Å². The molecule has 1 aliphatic carbocycles. The molecule has 7 heteroatoms. The summed E-state index contributed by atoms with van der Waals surface area (Å²) in [6.45, 7) is 2.29. The number of piperidine rings is 1. The van der Waals surface area contributed by atoms with Crippen molar-refractivity contribution >= 4 is 11.8 Å². The predicted octanol–water partition coefficient (Wildman–Crippen LogP) is 1.04. The van der Waals surface area contributed by atoms with Crippen molar-refractivity contribution in [3.8, 4) is 0 Å². The molecular weight excluding hydrogens is 315 g/mol. The molecule has 1 spiro atoms. The monoisotopic (exact) mass is 342 g/mol. The van der Waals surface area contributed by atoms with Crippen LogP contribution in [-0.2, 0) is 19.1 Å². The normalized spacial score (nSPS) is 28.2. The number of hydrogen-bond donors (Lipinski definition) is 1. The van der Waals surface area contributed by atoms with E-state index < -0.39 is 5.67 Å². The Morgan fingerprint density at radius 2 is 1.96 bits per heavy atom. The number of alkyl halides is 1. The number of carbonyl (C=O) groups is 2. The number of ether oxygens (including phenoxy) is 2. The Morgan fingerprint density at radius 3 is 2.54 bits per heavy atom. The first kappa shape index (κ1) is 17.6. The van der Waals surface area contributed by atoms with Crippen molar-refractivity contribution in [3.05, 3.63) is 0 Å². The van der Waals surface area contributed by atoms with Crippen LogP contribution in [0.3, 0.4) is 0 Å². The molecule has 0 aromatic rings. The number of hydrogen-bond acceptors (Lipinski definition) is 4. The second kappa shape index (κ2) is 6.96. The molecule has 24 heavy (non-hydrogen) atoms. The number of rotatable bonds is 4. The third-order valence-corrected chi connectivity index (χ3v) is 5.95. The summed E-state index contributed by atoms with van der Waals surface area (Å²) in [6.07, 6.45) is 3.92. The molecule has 136 valence electrons. The molecule has 0 aromatic heterocycles. The van der Waals surface area contributed by atoms with Crippen LogP contribution >= 0.6 is 0 Å². The number of nitrogens with zero attached hydrogens (tertiary/aromatic N) is 1. The van der Waals surface area contributed by atoms with E-state index in [4.69, 9.17) is 9.47 Å². The van der Waals surface area contributed by atoms with Crippen molar-refractivity contribution in [2.24, 2.45) is 5.41 Å². The van der Waals surface area contributed by atoms with Gasteiger partial charge in [-0.1, -0.05) is 0 Å². The summed E-state index contributed by atoms with van der Waals surface area (Å²) in [4.78, 5) is 25.9. The van der Waals surface area contributed by atoms with Gasteiger partial charge in [-0.05, 0) is 43.9 Å². The predicted molar refractivity (Wildman–Crippen MR) is 85.2 cm³/mol. The fourth-order valence-electron chi connectivity index (χ4n) is 4.13. The largest absolute Gasteiger partial charge is 0.379 e. The number of nitrogens with one attached hydrogen (secondary N) is 1. The molecular formula is C17H27FN2O4. The summed E-state index contributed by atoms with van der Waals surface area (Å²) in [5.41, 5.74) is -1.69. The summed E-state index contributed by atoms with van der Waals surface area (Å²) in [5, 5.41) is 3.01. The van der Waals surface area contributed by atoms with E-state index in [0.717, 1.165) is 25.7 Å². The highest BCUT2D eigenvalue weighted by molar-refractivity contribution is 5.86. The number of methoxy groups -OCH3 is 1. The van der Waals surface area contributed by atoms with Crippen molar-refractivity contribution in [2.75, 3.05) is 40.0 Å². The molecule has 1 N–H and O–H groups in total. The Kier molecular flexibility index (Phi) is 5.11. The molecule has 0 aromatic carbocycles. The number of amides is 2. The molecule has 3 fully saturated rings. The zero-order valence-electron chi connectivity index (χ0n) is 14.3. The zero-order valence-corrected chi connectivity index (χ0v) is 14.3. The molecule has 2 heterocycles. The fraction of sp³-hybridized carbons (Fsp3) is 0.882. The van der Waals surface area contributed by atoms with E-state index in [1.54, 1.807) is 4.90 Å². The van der Waals surface area contributed by atoms with Crippen molar-refractivity contribution < 1.29 is 23.5 Å². The highest BCUT2D eigenvalue weighted by atomic mass is 19.1. The van der Waals surface area contributed by atoms with Crippen LogP contribution in [0.1, 0.15) is 38.5 Å². The number of likely N-dealkylation sites (tertiary alicyclic amines) is 1. The average molecular weight is 342 g/mol. The lowest BCUT2D eigenvalue weighted by Gasteiger charge is -2.50. The molecule has 2 amide bonds. The van der Waals surface area contributed by atoms with E-state index in [1.165, 1.54) is 7.11 Å². The van der Waals surface area contributed by atoms with Crippen LogP contribution in [0.15, 0.2) is 0 Å². The maximum absolute atomic E-state index is 14.4. The van der Waals surface area contributed by atoms with Crippen LogP contribution in [0, 0.1) is 5.41 Å². The van der Waals surface area contributed by atoms with Gasteiger partial charge in [0.15, 0.2) is 5.67 Å². The maximum Gasteiger partial charge on any atom is 0.260 e. The van der Waals surface area contributed by atoms with Crippen LogP contribution in [-0.4, -0.2) is 68.4 Å². The highest BCUT2D eigenvalue weighted by Gasteiger charge is 2.50. The van der Waals surface area contributed by atoms with Gasteiger partial charge in [0, 0.05) is 26.8 Å². The number of carbonyl (C=O) groups excluding carboxylic acids is 2. The van der Waals surface area contributed by atoms with Crippen molar-refractivity contribution in [1.82, 2.24) is 10.2 Å². The first-order valence-corrected chi connectivity index (χ1v) is 8.83. The Morgan fingerprint density at radius 1 is 1.25 bits per heavy atom. The van der Waals surface area contributed by atoms with E-state index in [9.17, 15) is 14.0 Å². The topological polar surface area (TPSA) is 67.9 Å². The lowest BCUT2D eigenvalue weighted by molar-refractivity contribution is -0.154. The summed E-state index contributed by atoms with van der Waals surface area (Å²) >= 11 is 0. The smallest absolute Gasteiger partial charge is 0.260 e. The van der Waals surface area contributed by atoms with E-state index in [-0.39, 0.29) is 29.9 Å². The quantitative estimate of drug-likeness (QED) is 0.829. The van der Waals surface area contributed by atoms with Crippen molar-refractivity contribution in [1.29, 1.82) is 0 Å². The summed E-state index contributed by atoms with van der Waals surface area (Å²) in [5.74, 6) is -0.487. The van der Waals surface area contributed by atoms with Gasteiger partial charge in [0.25, 0.3) is 5.91 Å². The molecule has 3 aliphatic rings. The standard InChI is InChI=1S/C17H27FN2O4/c1-23-12-14(21)19-13-11-24-10-7-16(13)5-8-20(9-6-16)15(22)17(18)3-2-4-17/h13H,2-12H2,1H3,(H,19,21)/t13-/m1/s1. The number of halogens is 1. The van der Waals surface area contributed by atoms with Gasteiger partial charge in [-0.15, -0.1) is 0 Å². The third kappa shape index (κ3) is 3.28. The first-order valence-electron chi connectivity index (χ1n) is 8.83. The van der Waals surface area contributed by atoms with Crippen molar-refractivity contribution in [2.45, 2.75) is 50.2 Å². The minimum atomic E-state index is -1.62. The molecule has 2 aliphatic heterocycles. The molecule has 0 unspecified atom stereocenters. The molecule has 2 saturated heterocycles. The van der Waals surface area contributed by atoms with Crippen LogP contribution in [0.5, 0.6) is 0 Å². The summed E-state index contributed by atoms with van der Waals surface area (Å²) in [6, 6.07) is -0.0748. The molecule has 0 radical (unpaired) electrons. The van der Waals surface area contributed by atoms with Gasteiger partial charge in [0.2, 0.25) is 5.91 Å². The minimum Gasteiger partial charge on any atom is -0.379 e. The maximum atomic E-state index is 14.4. The van der Waals surface area contributed by atoms with Gasteiger partial charge in [-0.2, -0.15) is 0 Å². The SMILES string of the molecule is COCC(=O)N[C@@H]1COCCC12CCN(C(=O)C1(F)CCC1)CC2. The van der Waals surface area contributed by atoms with Gasteiger partial charge in [-0.3, -0.25) is 9.59 Å². The van der Waals surface area contributed by atoms with Gasteiger partial charge in [-0.25, -0.2) is 4.39 Å². The van der Waals surface area contributed by atoms with Gasteiger partial charge >= 0.3 is 0 Å². The molecule has 0 bridgehead atoms.